The highest BCUT2D eigenvalue weighted by atomic mass is 16.1. The zero-order valence-electron chi connectivity index (χ0n) is 6.74. The molecule has 0 bridgehead atoms. The van der Waals surface area contributed by atoms with E-state index >= 15 is 0 Å². The minimum absolute atomic E-state index is 0.305. The van der Waals surface area contributed by atoms with Crippen molar-refractivity contribution in [2.75, 3.05) is 5.32 Å². The van der Waals surface area contributed by atoms with Crippen LogP contribution < -0.4 is 5.32 Å². The van der Waals surface area contributed by atoms with E-state index in [-0.39, 0.29) is 5.91 Å². The molecular weight excluding hydrogens is 154 g/mol. The minimum atomic E-state index is -0.305. The van der Waals surface area contributed by atoms with E-state index in [0.717, 1.165) is 5.69 Å². The Morgan fingerprint density at radius 1 is 1.75 bits per heavy atom. The Kier molecular flexibility index (Phi) is 2.53. The third kappa shape index (κ3) is 2.16. The van der Waals surface area contributed by atoms with Crippen LogP contribution >= 0.6 is 0 Å². The zero-order valence-corrected chi connectivity index (χ0v) is 6.74. The molecule has 0 aromatic carbocycles. The van der Waals surface area contributed by atoms with Gasteiger partial charge in [-0.15, -0.1) is 0 Å². The van der Waals surface area contributed by atoms with Gasteiger partial charge in [-0.05, 0) is 19.1 Å². The molecule has 1 aromatic heterocycles. The maximum atomic E-state index is 10.8. The van der Waals surface area contributed by atoms with Crippen molar-refractivity contribution in [3.63, 3.8) is 0 Å². The maximum Gasteiger partial charge on any atom is 0.250 e. The summed E-state index contributed by atoms with van der Waals surface area (Å²) >= 11 is 0. The lowest BCUT2D eigenvalue weighted by molar-refractivity contribution is -0.111. The Balaban J connectivity index is 2.76. The van der Waals surface area contributed by atoms with Crippen molar-refractivity contribution in [1.29, 1.82) is 0 Å². The number of aryl methyl sites for hydroxylation is 1. The number of carbonyl (C=O) groups is 1. The predicted molar refractivity (Wildman–Crippen MR) is 45.6 cm³/mol. The summed E-state index contributed by atoms with van der Waals surface area (Å²) < 4.78 is 0. The molecule has 0 atom stereocenters. The fourth-order valence-electron chi connectivity index (χ4n) is 0.670. The summed E-state index contributed by atoms with van der Waals surface area (Å²) in [5.41, 5.74) is 0.810. The number of hydrogen-bond acceptors (Lipinski definition) is 3. The molecule has 1 heterocycles. The Morgan fingerprint density at radius 2 is 2.50 bits per heavy atom. The van der Waals surface area contributed by atoms with Gasteiger partial charge in [0.25, 0.3) is 0 Å². The van der Waals surface area contributed by atoms with E-state index in [9.17, 15) is 4.79 Å². The van der Waals surface area contributed by atoms with Crippen LogP contribution in [0, 0.1) is 6.92 Å². The maximum absolute atomic E-state index is 10.8. The molecule has 0 unspecified atom stereocenters. The van der Waals surface area contributed by atoms with Gasteiger partial charge in [0, 0.05) is 11.9 Å². The smallest absolute Gasteiger partial charge is 0.250 e. The molecule has 0 saturated carbocycles. The van der Waals surface area contributed by atoms with Crippen LogP contribution in [0.1, 0.15) is 5.69 Å². The number of rotatable bonds is 2. The minimum Gasteiger partial charge on any atom is -0.291 e. The first-order valence-electron chi connectivity index (χ1n) is 3.45. The van der Waals surface area contributed by atoms with Crippen LogP contribution in [0.2, 0.25) is 0 Å². The lowest BCUT2D eigenvalue weighted by Gasteiger charge is -1.99. The zero-order chi connectivity index (χ0) is 8.97. The number of carbonyl (C=O) groups excluding carboxylic acids is 1. The average Bonchev–Trinajstić information content (AvgIpc) is 2.04. The molecule has 12 heavy (non-hydrogen) atoms. The highest BCUT2D eigenvalue weighted by molar-refractivity contribution is 5.97. The van der Waals surface area contributed by atoms with Gasteiger partial charge < -0.3 is 0 Å². The number of aromatic nitrogens is 2. The Morgan fingerprint density at radius 3 is 3.08 bits per heavy atom. The molecule has 1 aromatic rings. The summed E-state index contributed by atoms with van der Waals surface area (Å²) in [4.78, 5) is 18.6. The van der Waals surface area contributed by atoms with Crippen LogP contribution in [0.4, 0.5) is 5.95 Å². The molecular formula is C8H9N3O. The second-order valence-electron chi connectivity index (χ2n) is 2.22. The van der Waals surface area contributed by atoms with E-state index in [1.807, 2.05) is 6.92 Å². The molecule has 0 radical (unpaired) electrons. The highest BCUT2D eigenvalue weighted by Gasteiger charge is 1.98. The van der Waals surface area contributed by atoms with E-state index in [1.54, 1.807) is 12.3 Å². The second-order valence-corrected chi connectivity index (χ2v) is 2.22. The van der Waals surface area contributed by atoms with Crippen molar-refractivity contribution >= 4 is 11.9 Å². The largest absolute Gasteiger partial charge is 0.291 e. The number of anilines is 1. The first kappa shape index (κ1) is 8.39. The number of nitrogens with one attached hydrogen (secondary N) is 1. The third-order valence-electron chi connectivity index (χ3n) is 1.22. The molecule has 0 fully saturated rings. The quantitative estimate of drug-likeness (QED) is 0.659. The van der Waals surface area contributed by atoms with Crippen LogP contribution in [-0.4, -0.2) is 15.9 Å². The van der Waals surface area contributed by atoms with Crippen LogP contribution in [-0.2, 0) is 4.79 Å². The molecule has 1 rings (SSSR count). The van der Waals surface area contributed by atoms with Gasteiger partial charge in [-0.3, -0.25) is 10.1 Å². The van der Waals surface area contributed by atoms with Crippen molar-refractivity contribution in [3.8, 4) is 0 Å². The molecule has 1 N–H and O–H groups in total. The van der Waals surface area contributed by atoms with Gasteiger partial charge in [0.2, 0.25) is 11.9 Å². The van der Waals surface area contributed by atoms with Gasteiger partial charge in [-0.1, -0.05) is 6.58 Å². The lowest BCUT2D eigenvalue weighted by atomic mass is 10.5. The molecule has 1 amide bonds. The van der Waals surface area contributed by atoms with Crippen molar-refractivity contribution in [3.05, 3.63) is 30.6 Å². The summed E-state index contributed by atoms with van der Waals surface area (Å²) in [5.74, 6) is 0.000463. The van der Waals surface area contributed by atoms with Crippen LogP contribution in [0.25, 0.3) is 0 Å². The number of amides is 1. The van der Waals surface area contributed by atoms with Crippen molar-refractivity contribution in [1.82, 2.24) is 9.97 Å². The van der Waals surface area contributed by atoms with Crippen molar-refractivity contribution in [2.45, 2.75) is 6.92 Å². The first-order valence-corrected chi connectivity index (χ1v) is 3.45. The molecule has 0 aliphatic rings. The third-order valence-corrected chi connectivity index (χ3v) is 1.22. The van der Waals surface area contributed by atoms with Gasteiger partial charge in [0.15, 0.2) is 0 Å². The standard InChI is InChI=1S/C8H9N3O/c1-3-7(12)11-8-9-5-4-6(2)10-8/h3-5H,1H2,2H3,(H,9,10,11,12). The summed E-state index contributed by atoms with van der Waals surface area (Å²) in [7, 11) is 0. The van der Waals surface area contributed by atoms with Gasteiger partial charge in [0.1, 0.15) is 0 Å². The van der Waals surface area contributed by atoms with Gasteiger partial charge in [-0.25, -0.2) is 9.97 Å². The first-order chi connectivity index (χ1) is 5.72. The second kappa shape index (κ2) is 3.61. The van der Waals surface area contributed by atoms with E-state index in [2.05, 4.69) is 21.9 Å². The Hall–Kier alpha value is -1.71. The van der Waals surface area contributed by atoms with Crippen LogP contribution in [0.3, 0.4) is 0 Å². The van der Waals surface area contributed by atoms with Crippen LogP contribution in [0.15, 0.2) is 24.9 Å². The molecule has 0 aliphatic heterocycles. The number of hydrogen-bond donors (Lipinski definition) is 1. The predicted octanol–water partition coefficient (Wildman–Crippen LogP) is 0.910. The molecule has 0 saturated heterocycles. The summed E-state index contributed by atoms with van der Waals surface area (Å²) in [6, 6.07) is 1.75. The van der Waals surface area contributed by atoms with E-state index < -0.39 is 0 Å². The topological polar surface area (TPSA) is 54.9 Å². The van der Waals surface area contributed by atoms with Crippen molar-refractivity contribution in [2.24, 2.45) is 0 Å². The monoisotopic (exact) mass is 163 g/mol. The van der Waals surface area contributed by atoms with Gasteiger partial charge in [0.05, 0.1) is 0 Å². The fraction of sp³-hybridized carbons (Fsp3) is 0.125. The molecule has 4 heteroatoms. The number of nitrogens with zero attached hydrogens (tertiary/aromatic N) is 2. The molecule has 0 aliphatic carbocycles. The van der Waals surface area contributed by atoms with E-state index in [4.69, 9.17) is 0 Å². The average molecular weight is 163 g/mol. The Bertz CT molecular complexity index is 309. The fourth-order valence-corrected chi connectivity index (χ4v) is 0.670. The van der Waals surface area contributed by atoms with Crippen molar-refractivity contribution < 1.29 is 4.79 Å². The summed E-state index contributed by atoms with van der Waals surface area (Å²) in [5, 5.41) is 2.45. The summed E-state index contributed by atoms with van der Waals surface area (Å²) in [6.45, 7) is 5.14. The van der Waals surface area contributed by atoms with Gasteiger partial charge >= 0.3 is 0 Å². The molecule has 0 spiro atoms. The SMILES string of the molecule is C=CC(=O)Nc1nccc(C)n1. The molecule has 4 nitrogen and oxygen atoms in total. The van der Waals surface area contributed by atoms with Gasteiger partial charge in [-0.2, -0.15) is 0 Å². The normalized spacial score (nSPS) is 9.08. The molecule has 62 valence electrons. The Labute approximate surface area is 70.4 Å². The van der Waals surface area contributed by atoms with Crippen LogP contribution in [0.5, 0.6) is 0 Å². The van der Waals surface area contributed by atoms with E-state index in [1.165, 1.54) is 6.08 Å². The highest BCUT2D eigenvalue weighted by Crippen LogP contribution is 1.97. The van der Waals surface area contributed by atoms with E-state index in [0.29, 0.717) is 5.95 Å². The summed E-state index contributed by atoms with van der Waals surface area (Å²) in [6.07, 6.45) is 2.76. The lowest BCUT2D eigenvalue weighted by Crippen LogP contribution is -2.10.